The highest BCUT2D eigenvalue weighted by Crippen LogP contribution is 2.26. The number of para-hydroxylation sites is 1. The average Bonchev–Trinajstić information content (AvgIpc) is 3.19. The van der Waals surface area contributed by atoms with Gasteiger partial charge in [-0.15, -0.1) is 0 Å². The van der Waals surface area contributed by atoms with Crippen LogP contribution in [0, 0.1) is 0 Å². The van der Waals surface area contributed by atoms with Crippen molar-refractivity contribution in [3.8, 4) is 11.4 Å². The van der Waals surface area contributed by atoms with Crippen LogP contribution < -0.4 is 5.32 Å². The highest BCUT2D eigenvalue weighted by molar-refractivity contribution is 6.11. The van der Waals surface area contributed by atoms with Crippen molar-refractivity contribution in [1.82, 2.24) is 14.5 Å². The summed E-state index contributed by atoms with van der Waals surface area (Å²) >= 11 is 0. The van der Waals surface area contributed by atoms with E-state index in [4.69, 9.17) is 0 Å². The van der Waals surface area contributed by atoms with E-state index >= 15 is 0 Å². The van der Waals surface area contributed by atoms with E-state index < -0.39 is 0 Å². The van der Waals surface area contributed by atoms with Gasteiger partial charge in [0.2, 0.25) is 0 Å². The molecule has 4 rings (SSSR count). The van der Waals surface area contributed by atoms with Crippen LogP contribution in [-0.4, -0.2) is 38.9 Å². The molecule has 1 aromatic heterocycles. The van der Waals surface area contributed by atoms with Crippen molar-refractivity contribution in [2.45, 2.75) is 32.2 Å². The predicted octanol–water partition coefficient (Wildman–Crippen LogP) is 4.35. The molecule has 3 aromatic rings. The highest BCUT2D eigenvalue weighted by Gasteiger charge is 2.26. The van der Waals surface area contributed by atoms with E-state index in [9.17, 15) is 9.59 Å². The number of anilines is 1. The zero-order valence-electron chi connectivity index (χ0n) is 17.3. The third kappa shape index (κ3) is 3.85. The maximum absolute atomic E-state index is 13.2. The fraction of sp³-hybridized carbons (Fsp3) is 0.292. The van der Waals surface area contributed by atoms with Crippen molar-refractivity contribution in [3.63, 3.8) is 0 Å². The molecule has 1 aliphatic heterocycles. The standard InChI is InChI=1S/C24H26N4O2/c1-17-9-7-8-15-28(17)24(30)20-12-5-6-13-21(20)26-23(29)19-11-4-3-10-18(19)22-25-14-16-27(22)2/h3-6,10-14,16-17H,7-9,15H2,1-2H3,(H,26,29). The molecule has 1 N–H and O–H groups in total. The van der Waals surface area contributed by atoms with Gasteiger partial charge in [-0.2, -0.15) is 0 Å². The highest BCUT2D eigenvalue weighted by atomic mass is 16.2. The van der Waals surface area contributed by atoms with Crippen molar-refractivity contribution < 1.29 is 9.59 Å². The molecule has 30 heavy (non-hydrogen) atoms. The normalized spacial score (nSPS) is 16.3. The Hall–Kier alpha value is -3.41. The first-order valence-electron chi connectivity index (χ1n) is 10.3. The molecule has 1 atom stereocenters. The topological polar surface area (TPSA) is 67.2 Å². The number of benzene rings is 2. The van der Waals surface area contributed by atoms with Gasteiger partial charge in [0.05, 0.1) is 16.8 Å². The summed E-state index contributed by atoms with van der Waals surface area (Å²) in [6.45, 7) is 2.84. The van der Waals surface area contributed by atoms with E-state index in [1.807, 2.05) is 53.0 Å². The van der Waals surface area contributed by atoms with Crippen LogP contribution in [0.5, 0.6) is 0 Å². The van der Waals surface area contributed by atoms with Crippen LogP contribution >= 0.6 is 0 Å². The number of piperidine rings is 1. The molecule has 2 amide bonds. The minimum absolute atomic E-state index is 0.0320. The smallest absolute Gasteiger partial charge is 0.256 e. The molecule has 0 bridgehead atoms. The second-order valence-electron chi connectivity index (χ2n) is 7.75. The van der Waals surface area contributed by atoms with Gasteiger partial charge in [-0.25, -0.2) is 4.98 Å². The summed E-state index contributed by atoms with van der Waals surface area (Å²) in [7, 11) is 1.89. The number of aromatic nitrogens is 2. The van der Waals surface area contributed by atoms with Crippen LogP contribution in [0.1, 0.15) is 46.9 Å². The number of carbonyl (C=O) groups is 2. The molecule has 154 valence electrons. The van der Waals surface area contributed by atoms with Crippen LogP contribution in [0.15, 0.2) is 60.9 Å². The van der Waals surface area contributed by atoms with Crippen molar-refractivity contribution in [2.75, 3.05) is 11.9 Å². The number of nitrogens with one attached hydrogen (secondary N) is 1. The molecular formula is C24H26N4O2. The third-order valence-corrected chi connectivity index (χ3v) is 5.70. The monoisotopic (exact) mass is 402 g/mol. The van der Waals surface area contributed by atoms with Gasteiger partial charge in [-0.3, -0.25) is 9.59 Å². The molecule has 1 saturated heterocycles. The Bertz CT molecular complexity index is 1070. The number of amides is 2. The van der Waals surface area contributed by atoms with E-state index in [2.05, 4.69) is 17.2 Å². The predicted molar refractivity (Wildman–Crippen MR) is 117 cm³/mol. The summed E-state index contributed by atoms with van der Waals surface area (Å²) in [5.74, 6) is 0.420. The van der Waals surface area contributed by atoms with Crippen LogP contribution in [-0.2, 0) is 7.05 Å². The fourth-order valence-electron chi connectivity index (χ4n) is 4.02. The number of hydrogen-bond donors (Lipinski definition) is 1. The van der Waals surface area contributed by atoms with Gasteiger partial charge in [-0.05, 0) is 44.4 Å². The van der Waals surface area contributed by atoms with Gasteiger partial charge >= 0.3 is 0 Å². The molecule has 1 aliphatic rings. The quantitative estimate of drug-likeness (QED) is 0.705. The number of imidazole rings is 1. The Morgan fingerprint density at radius 1 is 1.03 bits per heavy atom. The molecule has 6 heteroatoms. The molecular weight excluding hydrogens is 376 g/mol. The lowest BCUT2D eigenvalue weighted by Crippen LogP contribution is -2.42. The maximum atomic E-state index is 13.2. The summed E-state index contributed by atoms with van der Waals surface area (Å²) in [4.78, 5) is 32.7. The largest absolute Gasteiger partial charge is 0.336 e. The zero-order valence-corrected chi connectivity index (χ0v) is 17.3. The Kier molecular flexibility index (Phi) is 5.65. The van der Waals surface area contributed by atoms with E-state index in [0.29, 0.717) is 22.6 Å². The number of nitrogens with zero attached hydrogens (tertiary/aromatic N) is 3. The number of likely N-dealkylation sites (tertiary alicyclic amines) is 1. The molecule has 2 aromatic carbocycles. The number of carbonyl (C=O) groups excluding carboxylic acids is 2. The lowest BCUT2D eigenvalue weighted by atomic mass is 10.0. The van der Waals surface area contributed by atoms with E-state index in [0.717, 1.165) is 31.4 Å². The number of rotatable bonds is 4. The van der Waals surface area contributed by atoms with E-state index in [1.165, 1.54) is 0 Å². The fourth-order valence-corrected chi connectivity index (χ4v) is 4.02. The lowest BCUT2D eigenvalue weighted by Gasteiger charge is -2.34. The van der Waals surface area contributed by atoms with Crippen molar-refractivity contribution in [1.29, 1.82) is 0 Å². The second kappa shape index (κ2) is 8.53. The molecule has 0 saturated carbocycles. The summed E-state index contributed by atoms with van der Waals surface area (Å²) in [6, 6.07) is 14.8. The van der Waals surface area contributed by atoms with Gasteiger partial charge in [0.1, 0.15) is 5.82 Å². The summed E-state index contributed by atoms with van der Waals surface area (Å²) in [5.41, 5.74) is 2.31. The van der Waals surface area contributed by atoms with Gasteiger partial charge in [-0.1, -0.05) is 30.3 Å². The number of aryl methyl sites for hydroxylation is 1. The number of hydrogen-bond acceptors (Lipinski definition) is 3. The van der Waals surface area contributed by atoms with Crippen LogP contribution in [0.3, 0.4) is 0 Å². The first-order valence-corrected chi connectivity index (χ1v) is 10.3. The first kappa shape index (κ1) is 19.9. The summed E-state index contributed by atoms with van der Waals surface area (Å²) < 4.78 is 1.88. The summed E-state index contributed by atoms with van der Waals surface area (Å²) in [5, 5.41) is 2.96. The molecule has 0 aliphatic carbocycles. The van der Waals surface area contributed by atoms with Crippen LogP contribution in [0.4, 0.5) is 5.69 Å². The molecule has 1 fully saturated rings. The van der Waals surface area contributed by atoms with Crippen molar-refractivity contribution in [3.05, 3.63) is 72.1 Å². The van der Waals surface area contributed by atoms with E-state index in [-0.39, 0.29) is 17.9 Å². The lowest BCUT2D eigenvalue weighted by molar-refractivity contribution is 0.0636. The van der Waals surface area contributed by atoms with Gasteiger partial charge < -0.3 is 14.8 Å². The third-order valence-electron chi connectivity index (χ3n) is 5.70. The Morgan fingerprint density at radius 2 is 1.77 bits per heavy atom. The summed E-state index contributed by atoms with van der Waals surface area (Å²) in [6.07, 6.45) is 6.72. The molecule has 0 radical (unpaired) electrons. The Balaban J connectivity index is 1.63. The van der Waals surface area contributed by atoms with Crippen LogP contribution in [0.25, 0.3) is 11.4 Å². The maximum Gasteiger partial charge on any atom is 0.256 e. The molecule has 2 heterocycles. The van der Waals surface area contributed by atoms with Crippen LogP contribution in [0.2, 0.25) is 0 Å². The zero-order chi connectivity index (χ0) is 21.1. The second-order valence-corrected chi connectivity index (χ2v) is 7.75. The molecule has 6 nitrogen and oxygen atoms in total. The van der Waals surface area contributed by atoms with E-state index in [1.54, 1.807) is 24.4 Å². The average molecular weight is 402 g/mol. The van der Waals surface area contributed by atoms with Gasteiger partial charge in [0, 0.05) is 37.6 Å². The SMILES string of the molecule is CC1CCCCN1C(=O)c1ccccc1NC(=O)c1ccccc1-c1nccn1C. The van der Waals surface area contributed by atoms with Gasteiger partial charge in [0.15, 0.2) is 0 Å². The minimum Gasteiger partial charge on any atom is -0.336 e. The van der Waals surface area contributed by atoms with Crippen molar-refractivity contribution in [2.24, 2.45) is 7.05 Å². The molecule has 0 spiro atoms. The van der Waals surface area contributed by atoms with Crippen molar-refractivity contribution >= 4 is 17.5 Å². The molecule has 1 unspecified atom stereocenters. The first-order chi connectivity index (χ1) is 14.6. The minimum atomic E-state index is -0.263. The van der Waals surface area contributed by atoms with Gasteiger partial charge in [0.25, 0.3) is 11.8 Å². The Labute approximate surface area is 176 Å². The Morgan fingerprint density at radius 3 is 2.50 bits per heavy atom.